The van der Waals surface area contributed by atoms with Crippen LogP contribution in [0.5, 0.6) is 0 Å². The molecular weight excluding hydrogens is 136 g/mol. The van der Waals surface area contributed by atoms with Crippen molar-refractivity contribution < 1.29 is 4.79 Å². The highest BCUT2D eigenvalue weighted by atomic mass is 16.1. The Morgan fingerprint density at radius 1 is 1.00 bits per heavy atom. The van der Waals surface area contributed by atoms with Gasteiger partial charge in [-0.15, -0.1) is 0 Å². The van der Waals surface area contributed by atoms with Crippen LogP contribution < -0.4 is 0 Å². The van der Waals surface area contributed by atoms with Crippen LogP contribution in [0.4, 0.5) is 0 Å². The Kier molecular flexibility index (Phi) is 0.875. The fraction of sp³-hybridized carbons (Fsp3) is 0.900. The van der Waals surface area contributed by atoms with Crippen LogP contribution in [-0.4, -0.2) is 5.78 Å². The van der Waals surface area contributed by atoms with Crippen LogP contribution in [0.25, 0.3) is 0 Å². The predicted molar refractivity (Wildman–Crippen MR) is 42.2 cm³/mol. The van der Waals surface area contributed by atoms with Crippen LogP contribution in [-0.2, 0) is 4.79 Å². The number of rotatable bonds is 0. The molecule has 0 amide bonds. The van der Waals surface area contributed by atoms with E-state index in [1.807, 2.05) is 0 Å². The largest absolute Gasteiger partial charge is 0.299 e. The van der Waals surface area contributed by atoms with Gasteiger partial charge in [0.25, 0.3) is 0 Å². The van der Waals surface area contributed by atoms with Crippen molar-refractivity contribution in [2.45, 2.75) is 44.9 Å². The molecule has 1 heteroatoms. The van der Waals surface area contributed by atoms with Crippen molar-refractivity contribution in [2.24, 2.45) is 10.8 Å². The van der Waals surface area contributed by atoms with Crippen molar-refractivity contribution in [1.29, 1.82) is 0 Å². The lowest BCUT2D eigenvalue weighted by Gasteiger charge is -2.49. The second-order valence-corrected chi connectivity index (χ2v) is 4.67. The zero-order chi connectivity index (χ0) is 7.53. The third-order valence-electron chi connectivity index (χ3n) is 4.57. The molecule has 0 aromatic rings. The lowest BCUT2D eigenvalue weighted by atomic mass is 9.52. The lowest BCUT2D eigenvalue weighted by molar-refractivity contribution is -0.151. The van der Waals surface area contributed by atoms with Crippen molar-refractivity contribution in [3.05, 3.63) is 0 Å². The van der Waals surface area contributed by atoms with E-state index >= 15 is 0 Å². The minimum Gasteiger partial charge on any atom is -0.299 e. The molecule has 3 aliphatic rings. The minimum atomic E-state index is 0.243. The van der Waals surface area contributed by atoms with E-state index in [0.29, 0.717) is 11.2 Å². The summed E-state index contributed by atoms with van der Waals surface area (Å²) in [5.74, 6) is 0.604. The Morgan fingerprint density at radius 2 is 1.64 bits per heavy atom. The van der Waals surface area contributed by atoms with Crippen molar-refractivity contribution in [3.8, 4) is 0 Å². The van der Waals surface area contributed by atoms with Gasteiger partial charge in [0.1, 0.15) is 5.78 Å². The average molecular weight is 150 g/mol. The molecule has 3 fully saturated rings. The first kappa shape index (κ1) is 6.22. The summed E-state index contributed by atoms with van der Waals surface area (Å²) in [6.45, 7) is 0. The number of carbonyl (C=O) groups excluding carboxylic acids is 1. The van der Waals surface area contributed by atoms with Crippen molar-refractivity contribution in [3.63, 3.8) is 0 Å². The summed E-state index contributed by atoms with van der Waals surface area (Å²) < 4.78 is 0. The molecule has 0 aromatic carbocycles. The molecule has 0 spiro atoms. The Labute approximate surface area is 67.2 Å². The van der Waals surface area contributed by atoms with Gasteiger partial charge < -0.3 is 0 Å². The van der Waals surface area contributed by atoms with Gasteiger partial charge in [-0.2, -0.15) is 0 Å². The summed E-state index contributed by atoms with van der Waals surface area (Å²) in [5, 5.41) is 0. The second-order valence-electron chi connectivity index (χ2n) is 4.67. The summed E-state index contributed by atoms with van der Waals surface area (Å²) in [6.07, 6.45) is 8.76. The van der Waals surface area contributed by atoms with E-state index in [1.54, 1.807) is 0 Å². The van der Waals surface area contributed by atoms with Gasteiger partial charge in [0.05, 0.1) is 0 Å². The summed E-state index contributed by atoms with van der Waals surface area (Å²) in [6, 6.07) is 0. The van der Waals surface area contributed by atoms with Gasteiger partial charge in [-0.05, 0) is 31.1 Å². The van der Waals surface area contributed by atoms with Crippen molar-refractivity contribution >= 4 is 5.78 Å². The first-order chi connectivity index (χ1) is 5.29. The number of Topliss-reactive ketones (excluding diaryl/α,β-unsaturated/α-hetero) is 1. The lowest BCUT2D eigenvalue weighted by Crippen LogP contribution is -2.51. The maximum atomic E-state index is 11.5. The molecule has 0 aliphatic heterocycles. The molecule has 0 bridgehead atoms. The number of carbonyl (C=O) groups is 1. The molecule has 3 saturated carbocycles. The molecular formula is C10H14O. The number of ketones is 1. The maximum absolute atomic E-state index is 11.5. The van der Waals surface area contributed by atoms with Gasteiger partial charge in [0, 0.05) is 11.8 Å². The molecule has 3 rings (SSSR count). The highest BCUT2D eigenvalue weighted by Crippen LogP contribution is 2.72. The zero-order valence-electron chi connectivity index (χ0n) is 6.86. The van der Waals surface area contributed by atoms with E-state index < -0.39 is 0 Å². The molecule has 0 radical (unpaired) electrons. The van der Waals surface area contributed by atoms with E-state index in [-0.39, 0.29) is 5.41 Å². The molecule has 0 unspecified atom stereocenters. The third-order valence-corrected chi connectivity index (χ3v) is 4.57. The van der Waals surface area contributed by atoms with Crippen molar-refractivity contribution in [1.82, 2.24) is 0 Å². The van der Waals surface area contributed by atoms with Crippen LogP contribution >= 0.6 is 0 Å². The Bertz CT molecular complexity index is 219. The minimum absolute atomic E-state index is 0.243. The second kappa shape index (κ2) is 1.55. The molecule has 0 aromatic heterocycles. The van der Waals surface area contributed by atoms with Gasteiger partial charge in [0.2, 0.25) is 0 Å². The van der Waals surface area contributed by atoms with Gasteiger partial charge in [-0.3, -0.25) is 4.79 Å². The molecule has 3 aliphatic carbocycles. The molecule has 11 heavy (non-hydrogen) atoms. The summed E-state index contributed by atoms with van der Waals surface area (Å²) >= 11 is 0. The van der Waals surface area contributed by atoms with Gasteiger partial charge >= 0.3 is 0 Å². The SMILES string of the molecule is O=C1CC23CCCC12CCC3. The van der Waals surface area contributed by atoms with E-state index in [9.17, 15) is 4.79 Å². The highest BCUT2D eigenvalue weighted by Gasteiger charge is 2.68. The first-order valence-electron chi connectivity index (χ1n) is 4.83. The average Bonchev–Trinajstić information content (AvgIpc) is 2.34. The standard InChI is InChI=1S/C10H14O/c11-8-7-9-3-1-5-10(8,9)6-2-4-9/h1-7H2. The third kappa shape index (κ3) is 0.447. The normalized spacial score (nSPS) is 53.6. The predicted octanol–water partition coefficient (Wildman–Crippen LogP) is 2.30. The number of hydrogen-bond acceptors (Lipinski definition) is 1. The Morgan fingerprint density at radius 3 is 2.09 bits per heavy atom. The monoisotopic (exact) mass is 150 g/mol. The highest BCUT2D eigenvalue weighted by molar-refractivity contribution is 5.94. The first-order valence-corrected chi connectivity index (χ1v) is 4.83. The smallest absolute Gasteiger partial charge is 0.140 e. The quantitative estimate of drug-likeness (QED) is 0.518. The van der Waals surface area contributed by atoms with Gasteiger partial charge in [-0.1, -0.05) is 12.8 Å². The van der Waals surface area contributed by atoms with E-state index in [4.69, 9.17) is 0 Å². The van der Waals surface area contributed by atoms with Crippen LogP contribution in [0.15, 0.2) is 0 Å². The number of hydrogen-bond donors (Lipinski definition) is 0. The fourth-order valence-electron chi connectivity index (χ4n) is 4.01. The van der Waals surface area contributed by atoms with Gasteiger partial charge in [0.15, 0.2) is 0 Å². The molecule has 0 saturated heterocycles. The topological polar surface area (TPSA) is 17.1 Å². The van der Waals surface area contributed by atoms with E-state index in [0.717, 1.165) is 6.42 Å². The van der Waals surface area contributed by atoms with Crippen LogP contribution in [0, 0.1) is 10.8 Å². The Balaban J connectivity index is 2.10. The van der Waals surface area contributed by atoms with Crippen LogP contribution in [0.3, 0.4) is 0 Å². The molecule has 60 valence electrons. The van der Waals surface area contributed by atoms with Gasteiger partial charge in [-0.25, -0.2) is 0 Å². The maximum Gasteiger partial charge on any atom is 0.140 e. The Hall–Kier alpha value is -0.330. The molecule has 0 atom stereocenters. The van der Waals surface area contributed by atoms with Crippen molar-refractivity contribution in [2.75, 3.05) is 0 Å². The van der Waals surface area contributed by atoms with E-state index in [1.165, 1.54) is 38.5 Å². The van der Waals surface area contributed by atoms with E-state index in [2.05, 4.69) is 0 Å². The molecule has 0 N–H and O–H groups in total. The molecule has 1 nitrogen and oxygen atoms in total. The van der Waals surface area contributed by atoms with Crippen LogP contribution in [0.1, 0.15) is 44.9 Å². The summed E-state index contributed by atoms with van der Waals surface area (Å²) in [5.41, 5.74) is 0.789. The zero-order valence-corrected chi connectivity index (χ0v) is 6.86. The summed E-state index contributed by atoms with van der Waals surface area (Å²) in [4.78, 5) is 11.5. The summed E-state index contributed by atoms with van der Waals surface area (Å²) in [7, 11) is 0. The fourth-order valence-corrected chi connectivity index (χ4v) is 4.01. The van der Waals surface area contributed by atoms with Crippen LogP contribution in [0.2, 0.25) is 0 Å². The molecule has 0 heterocycles.